The lowest BCUT2D eigenvalue weighted by Gasteiger charge is -2.13. The molecule has 0 atom stereocenters. The van der Waals surface area contributed by atoms with Crippen LogP contribution in [0.4, 0.5) is 4.79 Å². The van der Waals surface area contributed by atoms with E-state index in [1.807, 2.05) is 19.9 Å². The second-order valence-corrected chi connectivity index (χ2v) is 6.82. The van der Waals surface area contributed by atoms with E-state index in [2.05, 4.69) is 41.9 Å². The van der Waals surface area contributed by atoms with Gasteiger partial charge < -0.3 is 4.57 Å². The molecule has 5 heteroatoms. The molecule has 1 aromatic carbocycles. The number of carbonyl (C=O) groups is 2. The van der Waals surface area contributed by atoms with Crippen molar-refractivity contribution in [3.63, 3.8) is 0 Å². The second kappa shape index (κ2) is 5.74. The molecule has 2 amide bonds. The number of hydrogen-bond donors (Lipinski definition) is 1. The number of benzene rings is 1. The van der Waals surface area contributed by atoms with Crippen LogP contribution in [0, 0.1) is 27.7 Å². The van der Waals surface area contributed by atoms with Gasteiger partial charge in [0.15, 0.2) is 0 Å². The highest BCUT2D eigenvalue weighted by atomic mass is 32.2. The molecule has 0 bridgehead atoms. The number of aromatic nitrogens is 1. The van der Waals surface area contributed by atoms with E-state index in [9.17, 15) is 9.59 Å². The van der Waals surface area contributed by atoms with Crippen LogP contribution in [0.1, 0.15) is 28.1 Å². The summed E-state index contributed by atoms with van der Waals surface area (Å²) in [6, 6.07) is 8.41. The average molecular weight is 326 g/mol. The Labute approximate surface area is 139 Å². The number of thioether (sulfide) groups is 1. The fourth-order valence-corrected chi connectivity index (χ4v) is 3.60. The third kappa shape index (κ3) is 2.84. The van der Waals surface area contributed by atoms with Crippen molar-refractivity contribution in [2.75, 3.05) is 0 Å². The van der Waals surface area contributed by atoms with Gasteiger partial charge in [0.05, 0.1) is 4.91 Å². The molecular formula is C18H18N2O2S. The normalized spacial score (nSPS) is 16.3. The first-order valence-corrected chi connectivity index (χ1v) is 8.20. The van der Waals surface area contributed by atoms with Gasteiger partial charge >= 0.3 is 0 Å². The van der Waals surface area contributed by atoms with Gasteiger partial charge in [-0.3, -0.25) is 14.9 Å². The van der Waals surface area contributed by atoms with Crippen LogP contribution < -0.4 is 5.32 Å². The number of hydrogen-bond acceptors (Lipinski definition) is 3. The monoisotopic (exact) mass is 326 g/mol. The predicted octanol–water partition coefficient (Wildman–Crippen LogP) is 4.03. The third-order valence-corrected chi connectivity index (χ3v) is 4.80. The van der Waals surface area contributed by atoms with Gasteiger partial charge in [-0.15, -0.1) is 0 Å². The summed E-state index contributed by atoms with van der Waals surface area (Å²) in [5.41, 5.74) is 6.66. The van der Waals surface area contributed by atoms with Crippen molar-refractivity contribution in [3.8, 4) is 5.69 Å². The first-order chi connectivity index (χ1) is 10.9. The zero-order valence-electron chi connectivity index (χ0n) is 13.6. The number of nitrogens with zero attached hydrogens (tertiary/aromatic N) is 1. The Morgan fingerprint density at radius 2 is 1.83 bits per heavy atom. The molecule has 0 saturated carbocycles. The van der Waals surface area contributed by atoms with Crippen molar-refractivity contribution in [1.82, 2.24) is 9.88 Å². The molecular weight excluding hydrogens is 308 g/mol. The number of rotatable bonds is 2. The van der Waals surface area contributed by atoms with E-state index in [4.69, 9.17) is 0 Å². The average Bonchev–Trinajstić information content (AvgIpc) is 2.91. The Bertz CT molecular complexity index is 862. The van der Waals surface area contributed by atoms with Gasteiger partial charge in [0.2, 0.25) is 0 Å². The Morgan fingerprint density at radius 3 is 2.43 bits per heavy atom. The van der Waals surface area contributed by atoms with E-state index >= 15 is 0 Å². The molecule has 4 nitrogen and oxygen atoms in total. The minimum atomic E-state index is -0.323. The van der Waals surface area contributed by atoms with Crippen LogP contribution in [0.2, 0.25) is 0 Å². The van der Waals surface area contributed by atoms with Gasteiger partial charge in [-0.25, -0.2) is 0 Å². The largest absolute Gasteiger partial charge is 0.318 e. The van der Waals surface area contributed by atoms with E-state index in [1.54, 1.807) is 6.08 Å². The molecule has 23 heavy (non-hydrogen) atoms. The lowest BCUT2D eigenvalue weighted by atomic mass is 10.1. The number of aryl methyl sites for hydroxylation is 3. The van der Waals surface area contributed by atoms with Crippen molar-refractivity contribution >= 4 is 29.0 Å². The molecule has 2 heterocycles. The fourth-order valence-electron chi connectivity index (χ4n) is 2.92. The zero-order valence-corrected chi connectivity index (χ0v) is 14.4. The lowest BCUT2D eigenvalue weighted by molar-refractivity contribution is -0.115. The van der Waals surface area contributed by atoms with E-state index in [1.165, 1.54) is 11.1 Å². The van der Waals surface area contributed by atoms with Crippen molar-refractivity contribution in [2.45, 2.75) is 27.7 Å². The van der Waals surface area contributed by atoms with Crippen LogP contribution >= 0.6 is 11.8 Å². The second-order valence-electron chi connectivity index (χ2n) is 5.80. The lowest BCUT2D eigenvalue weighted by Crippen LogP contribution is -2.17. The maximum atomic E-state index is 11.7. The summed E-state index contributed by atoms with van der Waals surface area (Å²) in [5.74, 6) is -0.323. The molecule has 118 valence electrons. The van der Waals surface area contributed by atoms with E-state index in [-0.39, 0.29) is 11.1 Å². The van der Waals surface area contributed by atoms with E-state index in [0.717, 1.165) is 34.4 Å². The predicted molar refractivity (Wildman–Crippen MR) is 93.8 cm³/mol. The van der Waals surface area contributed by atoms with Crippen LogP contribution in [-0.2, 0) is 4.79 Å². The topological polar surface area (TPSA) is 51.1 Å². The molecule has 2 aromatic rings. The highest BCUT2D eigenvalue weighted by Crippen LogP contribution is 2.29. The minimum absolute atomic E-state index is 0.315. The van der Waals surface area contributed by atoms with Crippen LogP contribution in [0.15, 0.2) is 29.2 Å². The smallest absolute Gasteiger partial charge is 0.290 e. The van der Waals surface area contributed by atoms with Crippen molar-refractivity contribution in [3.05, 3.63) is 57.2 Å². The Morgan fingerprint density at radius 1 is 1.09 bits per heavy atom. The molecule has 1 aliphatic heterocycles. The molecule has 1 N–H and O–H groups in total. The summed E-state index contributed by atoms with van der Waals surface area (Å²) in [7, 11) is 0. The summed E-state index contributed by atoms with van der Waals surface area (Å²) in [4.78, 5) is 23.5. The molecule has 0 spiro atoms. The van der Waals surface area contributed by atoms with Gasteiger partial charge in [-0.1, -0.05) is 17.7 Å². The number of imide groups is 1. The molecule has 1 fully saturated rings. The van der Waals surface area contributed by atoms with Crippen LogP contribution in [0.5, 0.6) is 0 Å². The summed E-state index contributed by atoms with van der Waals surface area (Å²) in [5, 5.41) is 1.97. The molecule has 1 saturated heterocycles. The highest BCUT2D eigenvalue weighted by molar-refractivity contribution is 8.18. The number of carbonyl (C=O) groups excluding carboxylic acids is 2. The molecule has 1 aliphatic rings. The Balaban J connectivity index is 2.08. The summed E-state index contributed by atoms with van der Waals surface area (Å²) < 4.78 is 2.18. The van der Waals surface area contributed by atoms with E-state index in [0.29, 0.717) is 4.91 Å². The van der Waals surface area contributed by atoms with Gasteiger partial charge in [0.1, 0.15) is 0 Å². The Hall–Kier alpha value is -2.27. The van der Waals surface area contributed by atoms with Crippen LogP contribution in [0.3, 0.4) is 0 Å². The first kappa shape index (κ1) is 15.6. The molecule has 0 radical (unpaired) electrons. The summed E-state index contributed by atoms with van der Waals surface area (Å²) >= 11 is 0.946. The fraction of sp³-hybridized carbons (Fsp3) is 0.222. The van der Waals surface area contributed by atoms with Crippen LogP contribution in [-0.4, -0.2) is 15.7 Å². The molecule has 0 unspecified atom stereocenters. The standard InChI is InChI=1S/C18H18N2O2S/c1-10-5-6-15(11(2)7-10)20-12(3)8-14(13(20)4)9-16-17(21)19-18(22)23-16/h5-9H,1-4H3,(H,19,21,22)/b16-9+. The van der Waals surface area contributed by atoms with Crippen molar-refractivity contribution in [1.29, 1.82) is 0 Å². The number of nitrogens with one attached hydrogen (secondary N) is 1. The first-order valence-electron chi connectivity index (χ1n) is 7.38. The van der Waals surface area contributed by atoms with Gasteiger partial charge in [0.25, 0.3) is 11.1 Å². The zero-order chi connectivity index (χ0) is 16.7. The van der Waals surface area contributed by atoms with E-state index < -0.39 is 0 Å². The number of amides is 2. The maximum absolute atomic E-state index is 11.7. The third-order valence-electron chi connectivity index (χ3n) is 3.99. The Kier molecular flexibility index (Phi) is 3.90. The van der Waals surface area contributed by atoms with Gasteiger partial charge in [-0.2, -0.15) is 0 Å². The van der Waals surface area contributed by atoms with Crippen molar-refractivity contribution < 1.29 is 9.59 Å². The van der Waals surface area contributed by atoms with Crippen molar-refractivity contribution in [2.24, 2.45) is 0 Å². The quantitative estimate of drug-likeness (QED) is 0.848. The molecule has 1 aromatic heterocycles. The van der Waals surface area contributed by atoms with Crippen LogP contribution in [0.25, 0.3) is 11.8 Å². The minimum Gasteiger partial charge on any atom is -0.318 e. The molecule has 3 rings (SSSR count). The summed E-state index contributed by atoms with van der Waals surface area (Å²) in [6.45, 7) is 8.24. The highest BCUT2D eigenvalue weighted by Gasteiger charge is 2.25. The van der Waals surface area contributed by atoms with Gasteiger partial charge in [-0.05, 0) is 68.8 Å². The summed E-state index contributed by atoms with van der Waals surface area (Å²) in [6.07, 6.45) is 1.78. The maximum Gasteiger partial charge on any atom is 0.290 e. The SMILES string of the molecule is Cc1ccc(-n2c(C)cc(/C=C3/SC(=O)NC3=O)c2C)c(C)c1. The van der Waals surface area contributed by atoms with Gasteiger partial charge in [0, 0.05) is 17.1 Å². The molecule has 0 aliphatic carbocycles.